The lowest BCUT2D eigenvalue weighted by atomic mass is 9.82. The van der Waals surface area contributed by atoms with Crippen LogP contribution >= 0.6 is 11.6 Å². The molecule has 5 heteroatoms. The quantitative estimate of drug-likeness (QED) is 0.264. The molecule has 1 aliphatic rings. The van der Waals surface area contributed by atoms with E-state index in [1.165, 1.54) is 28.3 Å². The van der Waals surface area contributed by atoms with Gasteiger partial charge in [0.1, 0.15) is 5.82 Å². The third-order valence-corrected chi connectivity index (χ3v) is 6.98. The Labute approximate surface area is 208 Å². The molecule has 0 amide bonds. The summed E-state index contributed by atoms with van der Waals surface area (Å²) in [7, 11) is 0. The fourth-order valence-electron chi connectivity index (χ4n) is 4.83. The summed E-state index contributed by atoms with van der Waals surface area (Å²) < 4.78 is 13.8. The van der Waals surface area contributed by atoms with E-state index in [0.717, 1.165) is 11.1 Å². The molecule has 3 nitrogen and oxygen atoms in total. The predicted molar refractivity (Wildman–Crippen MR) is 139 cm³/mol. The molecule has 0 spiro atoms. The number of nitrogens with zero attached hydrogens (tertiary/aromatic N) is 3. The van der Waals surface area contributed by atoms with E-state index < -0.39 is 5.82 Å². The van der Waals surface area contributed by atoms with E-state index in [-0.39, 0.29) is 10.4 Å². The van der Waals surface area contributed by atoms with Crippen LogP contribution in [0.1, 0.15) is 25.0 Å². The van der Waals surface area contributed by atoms with Gasteiger partial charge in [0.25, 0.3) is 0 Å². The molecule has 6 rings (SSSR count). The van der Waals surface area contributed by atoms with Gasteiger partial charge in [-0.1, -0.05) is 92.2 Å². The molecule has 0 unspecified atom stereocenters. The summed E-state index contributed by atoms with van der Waals surface area (Å²) in [5.41, 5.74) is 7.33. The highest BCUT2D eigenvalue weighted by atomic mass is 35.5. The lowest BCUT2D eigenvalue weighted by molar-refractivity contribution is 0.628. The van der Waals surface area contributed by atoms with Gasteiger partial charge >= 0.3 is 0 Å². The first-order valence-corrected chi connectivity index (χ1v) is 11.8. The van der Waals surface area contributed by atoms with Crippen molar-refractivity contribution in [2.75, 3.05) is 0 Å². The molecule has 1 heterocycles. The average Bonchev–Trinajstić information content (AvgIpc) is 3.12. The predicted octanol–water partition coefficient (Wildman–Crippen LogP) is 7.97. The number of halogens is 2. The molecule has 0 radical (unpaired) electrons. The highest BCUT2D eigenvalue weighted by Gasteiger charge is 2.35. The van der Waals surface area contributed by atoms with Gasteiger partial charge in [-0.2, -0.15) is 0 Å². The van der Waals surface area contributed by atoms with Gasteiger partial charge in [0.15, 0.2) is 17.5 Å². The van der Waals surface area contributed by atoms with Gasteiger partial charge in [-0.15, -0.1) is 0 Å². The molecule has 0 bridgehead atoms. The standard InChI is InChI=1S/C30H21ClFN3/c1-30(2)23-11-7-6-10-21(23)22-14-12-19(16-24(22)30)28-33-27(18-8-4-3-5-9-18)34-29(35-28)20-13-15-26(32)25(31)17-20/h3-17H,1-2H3. The number of fused-ring (bicyclic) bond motifs is 3. The highest BCUT2D eigenvalue weighted by molar-refractivity contribution is 6.31. The molecule has 0 saturated heterocycles. The summed E-state index contributed by atoms with van der Waals surface area (Å²) in [5.74, 6) is 1.07. The second-order valence-electron chi connectivity index (χ2n) is 9.23. The Morgan fingerprint density at radius 2 is 1.17 bits per heavy atom. The maximum atomic E-state index is 13.8. The van der Waals surface area contributed by atoms with Crippen LogP contribution in [0.4, 0.5) is 4.39 Å². The van der Waals surface area contributed by atoms with Gasteiger partial charge in [-0.05, 0) is 46.5 Å². The van der Waals surface area contributed by atoms with E-state index in [2.05, 4.69) is 56.3 Å². The number of hydrogen-bond acceptors (Lipinski definition) is 3. The molecular weight excluding hydrogens is 457 g/mol. The summed E-state index contributed by atoms with van der Waals surface area (Å²) in [4.78, 5) is 14.3. The van der Waals surface area contributed by atoms with Gasteiger partial charge in [-0.3, -0.25) is 0 Å². The van der Waals surface area contributed by atoms with Crippen molar-refractivity contribution in [2.24, 2.45) is 0 Å². The first-order chi connectivity index (χ1) is 16.9. The van der Waals surface area contributed by atoms with Gasteiger partial charge in [0.05, 0.1) is 5.02 Å². The Balaban J connectivity index is 1.54. The first kappa shape index (κ1) is 21.6. The SMILES string of the molecule is CC1(C)c2ccccc2-c2ccc(-c3nc(-c4ccccc4)nc(-c4ccc(F)c(Cl)c4)n3)cc21. The fraction of sp³-hybridized carbons (Fsp3) is 0.100. The zero-order chi connectivity index (χ0) is 24.2. The van der Waals surface area contributed by atoms with Crippen molar-refractivity contribution in [3.8, 4) is 45.3 Å². The minimum Gasteiger partial charge on any atom is -0.208 e. The Hall–Kier alpha value is -3.89. The monoisotopic (exact) mass is 477 g/mol. The van der Waals surface area contributed by atoms with Crippen molar-refractivity contribution < 1.29 is 4.39 Å². The van der Waals surface area contributed by atoms with Crippen LogP contribution in [-0.4, -0.2) is 15.0 Å². The van der Waals surface area contributed by atoms with Gasteiger partial charge in [-0.25, -0.2) is 19.3 Å². The van der Waals surface area contributed by atoms with Crippen LogP contribution in [0.25, 0.3) is 45.3 Å². The lowest BCUT2D eigenvalue weighted by Gasteiger charge is -2.21. The fourth-order valence-corrected chi connectivity index (χ4v) is 5.01. The Bertz CT molecular complexity index is 1600. The van der Waals surface area contributed by atoms with Crippen molar-refractivity contribution >= 4 is 11.6 Å². The molecule has 4 aromatic carbocycles. The maximum Gasteiger partial charge on any atom is 0.164 e. The van der Waals surface area contributed by atoms with Crippen LogP contribution in [0.5, 0.6) is 0 Å². The Kier molecular flexibility index (Phi) is 5.01. The number of benzene rings is 4. The Morgan fingerprint density at radius 1 is 0.600 bits per heavy atom. The lowest BCUT2D eigenvalue weighted by Crippen LogP contribution is -2.15. The summed E-state index contributed by atoms with van der Waals surface area (Å²) in [6, 6.07) is 29.2. The van der Waals surface area contributed by atoms with E-state index in [1.54, 1.807) is 12.1 Å². The van der Waals surface area contributed by atoms with Crippen molar-refractivity contribution in [1.82, 2.24) is 15.0 Å². The highest BCUT2D eigenvalue weighted by Crippen LogP contribution is 2.49. The number of hydrogen-bond donors (Lipinski definition) is 0. The molecular formula is C30H21ClFN3. The summed E-state index contributed by atoms with van der Waals surface area (Å²) in [6.07, 6.45) is 0. The van der Waals surface area contributed by atoms with Gasteiger partial charge in [0.2, 0.25) is 0 Å². The minimum absolute atomic E-state index is 0.0303. The van der Waals surface area contributed by atoms with Crippen molar-refractivity contribution in [3.05, 3.63) is 113 Å². The molecule has 1 aliphatic carbocycles. The van der Waals surface area contributed by atoms with Crippen molar-refractivity contribution in [1.29, 1.82) is 0 Å². The summed E-state index contributed by atoms with van der Waals surface area (Å²) in [6.45, 7) is 4.49. The third-order valence-electron chi connectivity index (χ3n) is 6.69. The molecule has 0 aliphatic heterocycles. The normalized spacial score (nSPS) is 13.4. The zero-order valence-electron chi connectivity index (χ0n) is 19.3. The molecule has 0 N–H and O–H groups in total. The van der Waals surface area contributed by atoms with Crippen LogP contribution in [-0.2, 0) is 5.41 Å². The van der Waals surface area contributed by atoms with E-state index in [4.69, 9.17) is 26.6 Å². The zero-order valence-corrected chi connectivity index (χ0v) is 20.0. The maximum absolute atomic E-state index is 13.8. The first-order valence-electron chi connectivity index (χ1n) is 11.4. The van der Waals surface area contributed by atoms with E-state index in [1.807, 2.05) is 30.3 Å². The topological polar surface area (TPSA) is 38.7 Å². The molecule has 0 saturated carbocycles. The van der Waals surface area contributed by atoms with Crippen molar-refractivity contribution in [3.63, 3.8) is 0 Å². The van der Waals surface area contributed by atoms with Crippen LogP contribution < -0.4 is 0 Å². The van der Waals surface area contributed by atoms with E-state index >= 15 is 0 Å². The van der Waals surface area contributed by atoms with Gasteiger partial charge in [0, 0.05) is 22.1 Å². The summed E-state index contributed by atoms with van der Waals surface area (Å²) >= 11 is 6.07. The molecule has 170 valence electrons. The van der Waals surface area contributed by atoms with Crippen molar-refractivity contribution in [2.45, 2.75) is 19.3 Å². The second kappa shape index (κ2) is 8.10. The molecule has 1 aromatic heterocycles. The van der Waals surface area contributed by atoms with Crippen LogP contribution in [0.15, 0.2) is 91.0 Å². The molecule has 35 heavy (non-hydrogen) atoms. The molecule has 0 fully saturated rings. The van der Waals surface area contributed by atoms with Crippen LogP contribution in [0, 0.1) is 5.82 Å². The molecule has 0 atom stereocenters. The van der Waals surface area contributed by atoms with Crippen LogP contribution in [0.3, 0.4) is 0 Å². The minimum atomic E-state index is -0.478. The van der Waals surface area contributed by atoms with Gasteiger partial charge < -0.3 is 0 Å². The van der Waals surface area contributed by atoms with E-state index in [0.29, 0.717) is 23.0 Å². The third kappa shape index (κ3) is 3.62. The largest absolute Gasteiger partial charge is 0.208 e. The number of aromatic nitrogens is 3. The second-order valence-corrected chi connectivity index (χ2v) is 9.64. The summed E-state index contributed by atoms with van der Waals surface area (Å²) in [5, 5.41) is 0.0303. The average molecular weight is 478 g/mol. The smallest absolute Gasteiger partial charge is 0.164 e. The van der Waals surface area contributed by atoms with Crippen LogP contribution in [0.2, 0.25) is 5.02 Å². The molecule has 5 aromatic rings. The Morgan fingerprint density at radius 3 is 1.89 bits per heavy atom. The van der Waals surface area contributed by atoms with E-state index in [9.17, 15) is 4.39 Å². The number of rotatable bonds is 3.